The summed E-state index contributed by atoms with van der Waals surface area (Å²) in [5.41, 5.74) is 1.96. The first-order chi connectivity index (χ1) is 14.3. The molecule has 1 N–H and O–H groups in total. The summed E-state index contributed by atoms with van der Waals surface area (Å²) in [5.74, 6) is 0.272. The fourth-order valence-corrected chi connectivity index (χ4v) is 4.16. The molecule has 2 aromatic carbocycles. The Hall–Kier alpha value is -2.98. The van der Waals surface area contributed by atoms with Crippen LogP contribution in [0.5, 0.6) is 5.75 Å². The molecule has 3 rings (SSSR count). The normalized spacial score (nSPS) is 10.6. The quantitative estimate of drug-likeness (QED) is 0.398. The molecule has 156 valence electrons. The number of rotatable bonds is 7. The molecule has 1 amide bonds. The van der Waals surface area contributed by atoms with Gasteiger partial charge < -0.3 is 10.1 Å². The van der Waals surface area contributed by atoms with Crippen molar-refractivity contribution < 1.29 is 14.5 Å². The van der Waals surface area contributed by atoms with Gasteiger partial charge in [0.05, 0.1) is 18.6 Å². The Kier molecular flexibility index (Phi) is 6.68. The van der Waals surface area contributed by atoms with Crippen LogP contribution in [0.3, 0.4) is 0 Å². The number of amides is 1. The van der Waals surface area contributed by atoms with Crippen molar-refractivity contribution in [3.8, 4) is 5.75 Å². The van der Waals surface area contributed by atoms with Gasteiger partial charge in [0.2, 0.25) is 0 Å². The summed E-state index contributed by atoms with van der Waals surface area (Å²) in [4.78, 5) is 35.6. The van der Waals surface area contributed by atoms with Crippen LogP contribution in [0.4, 0.5) is 5.69 Å². The second-order valence-corrected chi connectivity index (χ2v) is 8.25. The molecule has 0 saturated carbocycles. The first kappa shape index (κ1) is 21.7. The number of non-ortho nitro benzene ring substituents is 1. The van der Waals surface area contributed by atoms with Crippen LogP contribution < -0.4 is 14.9 Å². The molecule has 0 aliphatic heterocycles. The summed E-state index contributed by atoms with van der Waals surface area (Å²) in [6, 6.07) is 11.5. The highest BCUT2D eigenvalue weighted by Crippen LogP contribution is 2.24. The Morgan fingerprint density at radius 1 is 1.30 bits per heavy atom. The lowest BCUT2D eigenvalue weighted by Crippen LogP contribution is -2.23. The third-order valence-corrected chi connectivity index (χ3v) is 6.36. The number of nitrogens with one attached hydrogen (secondary N) is 1. The van der Waals surface area contributed by atoms with Gasteiger partial charge in [-0.15, -0.1) is 0 Å². The van der Waals surface area contributed by atoms with Crippen molar-refractivity contribution in [3.05, 3.63) is 88.4 Å². The fraction of sp³-hybridized carbons (Fsp3) is 0.200. The second kappa shape index (κ2) is 9.23. The van der Waals surface area contributed by atoms with Gasteiger partial charge in [-0.3, -0.25) is 24.3 Å². The molecule has 0 radical (unpaired) electrons. The van der Waals surface area contributed by atoms with Crippen molar-refractivity contribution in [2.45, 2.75) is 20.0 Å². The van der Waals surface area contributed by atoms with Crippen molar-refractivity contribution in [3.63, 3.8) is 0 Å². The summed E-state index contributed by atoms with van der Waals surface area (Å²) < 4.78 is 7.60. The first-order valence-corrected chi connectivity index (χ1v) is 10.4. The molecule has 3 aromatic rings. The van der Waals surface area contributed by atoms with E-state index < -0.39 is 10.8 Å². The maximum absolute atomic E-state index is 12.6. The molecule has 30 heavy (non-hydrogen) atoms. The van der Waals surface area contributed by atoms with Gasteiger partial charge in [0, 0.05) is 28.8 Å². The number of aromatic nitrogens is 1. The fourth-order valence-electron chi connectivity index (χ4n) is 2.88. The molecule has 8 nitrogen and oxygen atoms in total. The maximum atomic E-state index is 12.6. The topological polar surface area (TPSA) is 103 Å². The zero-order chi connectivity index (χ0) is 21.8. The number of hydrogen-bond acceptors (Lipinski definition) is 6. The van der Waals surface area contributed by atoms with E-state index in [2.05, 4.69) is 21.2 Å². The van der Waals surface area contributed by atoms with Gasteiger partial charge >= 0.3 is 4.87 Å². The lowest BCUT2D eigenvalue weighted by Gasteiger charge is -2.10. The number of hydrogen-bond donors (Lipinski definition) is 1. The number of nitro benzene ring substituents is 1. The lowest BCUT2D eigenvalue weighted by molar-refractivity contribution is -0.384. The summed E-state index contributed by atoms with van der Waals surface area (Å²) in [6.45, 7) is 2.12. The van der Waals surface area contributed by atoms with E-state index in [0.29, 0.717) is 21.9 Å². The summed E-state index contributed by atoms with van der Waals surface area (Å²) in [6.07, 6.45) is 0. The number of carbonyl (C=O) groups is 1. The standard InChI is InChI=1S/C20H18BrN3O5S/c1-12-18(19(25)22-10-13-4-3-5-15(8-13)24(27)28)30-20(26)23(12)11-14-9-16(29-2)6-7-17(14)21/h3-9H,10-11H2,1-2H3,(H,22,25). The molecule has 0 aliphatic rings. The van der Waals surface area contributed by atoms with Gasteiger partial charge in [-0.1, -0.05) is 39.4 Å². The lowest BCUT2D eigenvalue weighted by atomic mass is 10.2. The van der Waals surface area contributed by atoms with Gasteiger partial charge in [0.15, 0.2) is 0 Å². The van der Waals surface area contributed by atoms with Gasteiger partial charge in [-0.25, -0.2) is 0 Å². The van der Waals surface area contributed by atoms with Crippen LogP contribution in [0.1, 0.15) is 26.5 Å². The SMILES string of the molecule is COc1ccc(Br)c(Cn2c(C)c(C(=O)NCc3cccc([N+](=O)[O-])c3)sc2=O)c1. The number of nitrogens with zero attached hydrogens (tertiary/aromatic N) is 2. The molecular weight excluding hydrogens is 474 g/mol. The molecule has 0 fully saturated rings. The van der Waals surface area contributed by atoms with E-state index in [4.69, 9.17) is 4.74 Å². The number of methoxy groups -OCH3 is 1. The minimum atomic E-state index is -0.488. The number of thiazole rings is 1. The van der Waals surface area contributed by atoms with Crippen molar-refractivity contribution in [2.75, 3.05) is 7.11 Å². The van der Waals surface area contributed by atoms with E-state index in [1.165, 1.54) is 16.7 Å². The highest BCUT2D eigenvalue weighted by Gasteiger charge is 2.19. The second-order valence-electron chi connectivity index (χ2n) is 6.44. The number of carbonyl (C=O) groups excluding carboxylic acids is 1. The summed E-state index contributed by atoms with van der Waals surface area (Å²) >= 11 is 4.34. The predicted octanol–water partition coefficient (Wildman–Crippen LogP) is 3.88. The Labute approximate surface area is 184 Å². The van der Waals surface area contributed by atoms with E-state index in [9.17, 15) is 19.7 Å². The van der Waals surface area contributed by atoms with E-state index in [-0.39, 0.29) is 23.6 Å². The van der Waals surface area contributed by atoms with E-state index in [0.717, 1.165) is 21.4 Å². The number of benzene rings is 2. The zero-order valence-electron chi connectivity index (χ0n) is 16.2. The van der Waals surface area contributed by atoms with Crippen molar-refractivity contribution in [1.29, 1.82) is 0 Å². The van der Waals surface area contributed by atoms with Crippen LogP contribution in [0.15, 0.2) is 51.7 Å². The van der Waals surface area contributed by atoms with Crippen molar-refractivity contribution in [1.82, 2.24) is 9.88 Å². The highest BCUT2D eigenvalue weighted by atomic mass is 79.9. The monoisotopic (exact) mass is 491 g/mol. The maximum Gasteiger partial charge on any atom is 0.308 e. The van der Waals surface area contributed by atoms with E-state index in [1.54, 1.807) is 26.2 Å². The van der Waals surface area contributed by atoms with Crippen LogP contribution in [0.25, 0.3) is 0 Å². The molecule has 1 heterocycles. The molecule has 0 unspecified atom stereocenters. The first-order valence-electron chi connectivity index (χ1n) is 8.84. The van der Waals surface area contributed by atoms with Crippen molar-refractivity contribution >= 4 is 38.9 Å². The van der Waals surface area contributed by atoms with Crippen LogP contribution in [-0.4, -0.2) is 22.5 Å². The van der Waals surface area contributed by atoms with Crippen LogP contribution in [0, 0.1) is 17.0 Å². The van der Waals surface area contributed by atoms with Gasteiger partial charge in [-0.05, 0) is 36.2 Å². The Morgan fingerprint density at radius 3 is 2.77 bits per heavy atom. The molecule has 0 bridgehead atoms. The van der Waals surface area contributed by atoms with Gasteiger partial charge in [-0.2, -0.15) is 0 Å². The third-order valence-electron chi connectivity index (χ3n) is 4.51. The largest absolute Gasteiger partial charge is 0.497 e. The number of nitro groups is 1. The predicted molar refractivity (Wildman–Crippen MR) is 117 cm³/mol. The minimum absolute atomic E-state index is 0.0439. The number of ether oxygens (including phenoxy) is 1. The molecule has 0 spiro atoms. The molecule has 0 atom stereocenters. The smallest absolute Gasteiger partial charge is 0.308 e. The van der Waals surface area contributed by atoms with Gasteiger partial charge in [0.1, 0.15) is 10.6 Å². The molecule has 0 saturated heterocycles. The van der Waals surface area contributed by atoms with Crippen LogP contribution >= 0.6 is 27.3 Å². The van der Waals surface area contributed by atoms with Crippen molar-refractivity contribution in [2.24, 2.45) is 0 Å². The zero-order valence-corrected chi connectivity index (χ0v) is 18.6. The minimum Gasteiger partial charge on any atom is -0.497 e. The van der Waals surface area contributed by atoms with Crippen LogP contribution in [-0.2, 0) is 13.1 Å². The average Bonchev–Trinajstić information content (AvgIpc) is 3.02. The van der Waals surface area contributed by atoms with E-state index >= 15 is 0 Å². The summed E-state index contributed by atoms with van der Waals surface area (Å²) in [5, 5.41) is 13.6. The Bertz CT molecular complexity index is 1170. The number of halogens is 1. The van der Waals surface area contributed by atoms with Gasteiger partial charge in [0.25, 0.3) is 11.6 Å². The highest BCUT2D eigenvalue weighted by molar-refractivity contribution is 9.10. The molecule has 10 heteroatoms. The Morgan fingerprint density at radius 2 is 2.07 bits per heavy atom. The third kappa shape index (κ3) is 4.77. The molecule has 1 aromatic heterocycles. The van der Waals surface area contributed by atoms with Crippen LogP contribution in [0.2, 0.25) is 0 Å². The molecule has 0 aliphatic carbocycles. The summed E-state index contributed by atoms with van der Waals surface area (Å²) in [7, 11) is 1.57. The average molecular weight is 492 g/mol. The molecular formula is C20H18BrN3O5S. The van der Waals surface area contributed by atoms with E-state index in [1.807, 2.05) is 18.2 Å². The Balaban J connectivity index is 1.78.